The Bertz CT molecular complexity index is 812. The molecule has 0 aliphatic rings. The molecule has 132 valence electrons. The van der Waals surface area contributed by atoms with E-state index in [4.69, 9.17) is 4.74 Å². The van der Waals surface area contributed by atoms with Crippen LogP contribution in [0.3, 0.4) is 0 Å². The van der Waals surface area contributed by atoms with E-state index in [2.05, 4.69) is 86.8 Å². The molecule has 3 rings (SSSR count). The molecular weight excluding hydrogens is 330 g/mol. The summed E-state index contributed by atoms with van der Waals surface area (Å²) < 4.78 is 6.16. The molecule has 0 saturated carbocycles. The van der Waals surface area contributed by atoms with Gasteiger partial charge in [0, 0.05) is 18.2 Å². The van der Waals surface area contributed by atoms with Crippen molar-refractivity contribution in [2.75, 3.05) is 0 Å². The van der Waals surface area contributed by atoms with Gasteiger partial charge < -0.3 is 10.1 Å². The van der Waals surface area contributed by atoms with Crippen LogP contribution < -0.4 is 10.1 Å². The van der Waals surface area contributed by atoms with Gasteiger partial charge >= 0.3 is 0 Å². The molecule has 3 aromatic carbocycles. The van der Waals surface area contributed by atoms with Crippen LogP contribution in [-0.4, -0.2) is 6.04 Å². The topological polar surface area (TPSA) is 21.3 Å². The summed E-state index contributed by atoms with van der Waals surface area (Å²) in [4.78, 5) is 0. The van der Waals surface area contributed by atoms with Crippen molar-refractivity contribution >= 4 is 23.2 Å². The van der Waals surface area contributed by atoms with Gasteiger partial charge in [0.1, 0.15) is 12.4 Å². The van der Waals surface area contributed by atoms with Crippen LogP contribution in [0.5, 0.6) is 5.75 Å². The molecule has 0 radical (unpaired) electrons. The Balaban J connectivity index is 0.00000225. The highest BCUT2D eigenvalue weighted by Crippen LogP contribution is 2.29. The molecule has 0 aromatic heterocycles. The number of aryl methyl sites for hydroxylation is 1. The summed E-state index contributed by atoms with van der Waals surface area (Å²) in [6.07, 6.45) is 0. The number of ether oxygens (including phenoxy) is 1. The summed E-state index contributed by atoms with van der Waals surface area (Å²) in [5, 5.41) is 6.03. The largest absolute Gasteiger partial charge is 0.489 e. The van der Waals surface area contributed by atoms with E-state index < -0.39 is 0 Å². The molecule has 0 aliphatic carbocycles. The lowest BCUT2D eigenvalue weighted by Crippen LogP contribution is -2.22. The number of nitrogens with one attached hydrogen (secondary N) is 1. The summed E-state index contributed by atoms with van der Waals surface area (Å²) in [6.45, 7) is 7.83. The normalized spacial score (nSPS) is 10.7. The van der Waals surface area contributed by atoms with E-state index in [1.807, 2.05) is 0 Å². The lowest BCUT2D eigenvalue weighted by Gasteiger charge is -2.16. The van der Waals surface area contributed by atoms with Crippen molar-refractivity contribution in [1.29, 1.82) is 0 Å². The molecule has 0 bridgehead atoms. The standard InChI is InChI=1S/C22H25NO.ClH/c1-16(2)23-14-21-20-7-5-4-6-19(20)12-13-22(21)24-15-18-10-8-17(3)9-11-18;/h4-13,16,23H,14-15H2,1-3H3;1H. The lowest BCUT2D eigenvalue weighted by molar-refractivity contribution is 0.302. The van der Waals surface area contributed by atoms with E-state index in [-0.39, 0.29) is 12.4 Å². The average molecular weight is 356 g/mol. The zero-order valence-corrected chi connectivity index (χ0v) is 15.9. The van der Waals surface area contributed by atoms with E-state index in [0.717, 1.165) is 12.3 Å². The second kappa shape index (κ2) is 8.89. The molecule has 25 heavy (non-hydrogen) atoms. The molecule has 0 heterocycles. The SMILES string of the molecule is Cc1ccc(COc2ccc3ccccc3c2CNC(C)C)cc1.Cl. The van der Waals surface area contributed by atoms with Gasteiger partial charge in [-0.3, -0.25) is 0 Å². The van der Waals surface area contributed by atoms with Crippen molar-refractivity contribution in [2.24, 2.45) is 0 Å². The lowest BCUT2D eigenvalue weighted by atomic mass is 10.0. The smallest absolute Gasteiger partial charge is 0.124 e. The number of hydrogen-bond donors (Lipinski definition) is 1. The maximum absolute atomic E-state index is 6.16. The van der Waals surface area contributed by atoms with Crippen LogP contribution in [0.15, 0.2) is 60.7 Å². The summed E-state index contributed by atoms with van der Waals surface area (Å²) in [5.41, 5.74) is 3.69. The maximum Gasteiger partial charge on any atom is 0.124 e. The van der Waals surface area contributed by atoms with E-state index >= 15 is 0 Å². The molecule has 3 heteroatoms. The van der Waals surface area contributed by atoms with Gasteiger partial charge in [0.2, 0.25) is 0 Å². The van der Waals surface area contributed by atoms with Gasteiger partial charge in [0.05, 0.1) is 0 Å². The number of fused-ring (bicyclic) bond motifs is 1. The fraction of sp³-hybridized carbons (Fsp3) is 0.273. The molecule has 3 aromatic rings. The van der Waals surface area contributed by atoms with Crippen molar-refractivity contribution in [3.8, 4) is 5.75 Å². The Morgan fingerprint density at radius 3 is 2.36 bits per heavy atom. The second-order valence-corrected chi connectivity index (χ2v) is 6.57. The summed E-state index contributed by atoms with van der Waals surface area (Å²) in [5.74, 6) is 0.961. The third-order valence-electron chi connectivity index (χ3n) is 4.20. The van der Waals surface area contributed by atoms with E-state index in [9.17, 15) is 0 Å². The quantitative estimate of drug-likeness (QED) is 0.617. The first-order valence-electron chi connectivity index (χ1n) is 8.56. The predicted molar refractivity (Wildman–Crippen MR) is 109 cm³/mol. The van der Waals surface area contributed by atoms with Gasteiger partial charge in [0.25, 0.3) is 0 Å². The van der Waals surface area contributed by atoms with E-state index in [1.54, 1.807) is 0 Å². The van der Waals surface area contributed by atoms with Crippen molar-refractivity contribution in [3.63, 3.8) is 0 Å². The first kappa shape index (κ1) is 19.3. The average Bonchev–Trinajstić information content (AvgIpc) is 2.59. The predicted octanol–water partition coefficient (Wildman–Crippen LogP) is 5.65. The molecule has 1 N–H and O–H groups in total. The fourth-order valence-electron chi connectivity index (χ4n) is 2.79. The Kier molecular flexibility index (Phi) is 6.86. The van der Waals surface area contributed by atoms with Crippen molar-refractivity contribution in [1.82, 2.24) is 5.32 Å². The fourth-order valence-corrected chi connectivity index (χ4v) is 2.79. The molecule has 0 saturated heterocycles. The van der Waals surface area contributed by atoms with Crippen LogP contribution >= 0.6 is 12.4 Å². The van der Waals surface area contributed by atoms with E-state index in [0.29, 0.717) is 12.6 Å². The van der Waals surface area contributed by atoms with Gasteiger partial charge in [-0.1, -0.05) is 74.0 Å². The van der Waals surface area contributed by atoms with Crippen LogP contribution in [0.2, 0.25) is 0 Å². The molecular formula is C22H26ClNO. The monoisotopic (exact) mass is 355 g/mol. The first-order chi connectivity index (χ1) is 11.6. The van der Waals surface area contributed by atoms with Gasteiger partial charge in [-0.25, -0.2) is 0 Å². The van der Waals surface area contributed by atoms with Crippen molar-refractivity contribution in [2.45, 2.75) is 40.0 Å². The minimum atomic E-state index is 0. The van der Waals surface area contributed by atoms with Crippen LogP contribution in [0.4, 0.5) is 0 Å². The summed E-state index contributed by atoms with van der Waals surface area (Å²) >= 11 is 0. The highest BCUT2D eigenvalue weighted by Gasteiger charge is 2.09. The minimum absolute atomic E-state index is 0. The van der Waals surface area contributed by atoms with Crippen LogP contribution in [0.1, 0.15) is 30.5 Å². The summed E-state index contributed by atoms with van der Waals surface area (Å²) in [7, 11) is 0. The van der Waals surface area contributed by atoms with Crippen LogP contribution in [0, 0.1) is 6.92 Å². The van der Waals surface area contributed by atoms with Crippen LogP contribution in [-0.2, 0) is 13.2 Å². The molecule has 0 amide bonds. The van der Waals surface area contributed by atoms with Gasteiger partial charge in [0.15, 0.2) is 0 Å². The van der Waals surface area contributed by atoms with Crippen LogP contribution in [0.25, 0.3) is 10.8 Å². The molecule has 0 unspecified atom stereocenters. The third-order valence-corrected chi connectivity index (χ3v) is 4.20. The molecule has 2 nitrogen and oxygen atoms in total. The molecule has 0 fully saturated rings. The maximum atomic E-state index is 6.16. The van der Waals surface area contributed by atoms with Gasteiger partial charge in [-0.05, 0) is 29.3 Å². The highest BCUT2D eigenvalue weighted by molar-refractivity contribution is 5.87. The first-order valence-corrected chi connectivity index (χ1v) is 8.56. The van der Waals surface area contributed by atoms with Crippen molar-refractivity contribution < 1.29 is 4.74 Å². The Morgan fingerprint density at radius 2 is 1.64 bits per heavy atom. The molecule has 0 aliphatic heterocycles. The zero-order chi connectivity index (χ0) is 16.9. The third kappa shape index (κ3) is 4.97. The number of rotatable bonds is 6. The molecule has 0 spiro atoms. The van der Waals surface area contributed by atoms with Gasteiger partial charge in [-0.15, -0.1) is 12.4 Å². The second-order valence-electron chi connectivity index (χ2n) is 6.57. The van der Waals surface area contributed by atoms with E-state index in [1.165, 1.54) is 27.5 Å². The Morgan fingerprint density at radius 1 is 0.920 bits per heavy atom. The minimum Gasteiger partial charge on any atom is -0.489 e. The Hall–Kier alpha value is -2.03. The number of halogens is 1. The number of hydrogen-bond acceptors (Lipinski definition) is 2. The van der Waals surface area contributed by atoms with Gasteiger partial charge in [-0.2, -0.15) is 0 Å². The highest BCUT2D eigenvalue weighted by atomic mass is 35.5. The summed E-state index contributed by atoms with van der Waals surface area (Å²) in [6, 6.07) is 21.7. The van der Waals surface area contributed by atoms with Crippen molar-refractivity contribution in [3.05, 3.63) is 77.4 Å². The molecule has 0 atom stereocenters. The Labute approximate surface area is 156 Å². The number of benzene rings is 3. The zero-order valence-electron chi connectivity index (χ0n) is 15.1.